The Morgan fingerprint density at radius 1 is 1.40 bits per heavy atom. The first-order valence-electron chi connectivity index (χ1n) is 5.93. The lowest BCUT2D eigenvalue weighted by molar-refractivity contribution is 0.0697. The van der Waals surface area contributed by atoms with Crippen molar-refractivity contribution in [1.29, 1.82) is 5.26 Å². The van der Waals surface area contributed by atoms with Crippen molar-refractivity contribution in [3.8, 4) is 6.07 Å². The highest BCUT2D eigenvalue weighted by Gasteiger charge is 2.23. The predicted octanol–water partition coefficient (Wildman–Crippen LogP) is 1.45. The molecule has 20 heavy (non-hydrogen) atoms. The van der Waals surface area contributed by atoms with Crippen molar-refractivity contribution < 1.29 is 18.3 Å². The van der Waals surface area contributed by atoms with Crippen LogP contribution in [0.1, 0.15) is 29.3 Å². The maximum absolute atomic E-state index is 12.1. The molecule has 0 saturated heterocycles. The molecule has 0 saturated carbocycles. The summed E-state index contributed by atoms with van der Waals surface area (Å²) in [5, 5.41) is 17.4. The number of sulfonamides is 1. The number of rotatable bonds is 6. The molecule has 7 heteroatoms. The number of hydrogen-bond acceptors (Lipinski definition) is 4. The van der Waals surface area contributed by atoms with Gasteiger partial charge in [-0.2, -0.15) is 5.26 Å². The summed E-state index contributed by atoms with van der Waals surface area (Å²) in [7, 11) is -2.10. The number of carbonyl (C=O) groups is 1. The second kappa shape index (κ2) is 6.50. The Bertz CT molecular complexity index is 617. The van der Waals surface area contributed by atoms with Gasteiger partial charge in [-0.25, -0.2) is 17.5 Å². The molecular weight excluding hydrogens is 280 g/mol. The van der Waals surface area contributed by atoms with Crippen LogP contribution in [0.4, 0.5) is 0 Å². The van der Waals surface area contributed by atoms with Gasteiger partial charge in [-0.05, 0) is 24.6 Å². The van der Waals surface area contributed by atoms with Gasteiger partial charge in [-0.3, -0.25) is 0 Å². The van der Waals surface area contributed by atoms with E-state index >= 15 is 0 Å². The Labute approximate surface area is 118 Å². The van der Waals surface area contributed by atoms with Crippen LogP contribution in [0.3, 0.4) is 0 Å². The first-order valence-corrected chi connectivity index (χ1v) is 7.53. The molecule has 0 fully saturated rings. The van der Waals surface area contributed by atoms with Gasteiger partial charge < -0.3 is 5.11 Å². The molecule has 0 aromatic heterocycles. The maximum atomic E-state index is 12.1. The monoisotopic (exact) mass is 296 g/mol. The van der Waals surface area contributed by atoms with E-state index in [1.54, 1.807) is 6.92 Å². The third kappa shape index (κ3) is 4.05. The van der Waals surface area contributed by atoms with Crippen LogP contribution in [0.2, 0.25) is 0 Å². The fourth-order valence-electron chi connectivity index (χ4n) is 1.59. The molecule has 1 unspecified atom stereocenters. The number of hydrogen-bond donors (Lipinski definition) is 1. The Kier molecular flexibility index (Phi) is 5.25. The van der Waals surface area contributed by atoms with Gasteiger partial charge in [0.2, 0.25) is 10.0 Å². The smallest absolute Gasteiger partial charge is 0.335 e. The van der Waals surface area contributed by atoms with E-state index in [0.29, 0.717) is 5.56 Å². The summed E-state index contributed by atoms with van der Waals surface area (Å²) in [5.74, 6) is -1.28. The molecule has 0 spiro atoms. The van der Waals surface area contributed by atoms with Gasteiger partial charge in [0, 0.05) is 13.1 Å². The molecular formula is C13H16N2O4S. The normalized spacial score (nSPS) is 12.9. The fourth-order valence-corrected chi connectivity index (χ4v) is 3.03. The van der Waals surface area contributed by atoms with Crippen molar-refractivity contribution in [3.63, 3.8) is 0 Å². The van der Waals surface area contributed by atoms with E-state index in [2.05, 4.69) is 0 Å². The fraction of sp³-hybridized carbons (Fsp3) is 0.385. The number of carboxylic acids is 1. The highest BCUT2D eigenvalue weighted by Crippen LogP contribution is 2.14. The Morgan fingerprint density at radius 2 is 1.95 bits per heavy atom. The summed E-state index contributed by atoms with van der Waals surface area (Å²) >= 11 is 0. The molecule has 1 atom stereocenters. The zero-order valence-corrected chi connectivity index (χ0v) is 12.1. The van der Waals surface area contributed by atoms with Crippen LogP contribution in [0.15, 0.2) is 24.3 Å². The first-order chi connectivity index (χ1) is 9.27. The lowest BCUT2D eigenvalue weighted by Gasteiger charge is -2.22. The van der Waals surface area contributed by atoms with E-state index in [9.17, 15) is 13.2 Å². The molecule has 1 aromatic carbocycles. The molecule has 1 N–H and O–H groups in total. The van der Waals surface area contributed by atoms with E-state index in [1.807, 2.05) is 6.07 Å². The highest BCUT2D eigenvalue weighted by atomic mass is 32.2. The zero-order valence-electron chi connectivity index (χ0n) is 11.3. The van der Waals surface area contributed by atoms with Crippen molar-refractivity contribution in [2.75, 3.05) is 7.05 Å². The predicted molar refractivity (Wildman–Crippen MR) is 73.5 cm³/mol. The third-order valence-corrected chi connectivity index (χ3v) is 4.93. The quantitative estimate of drug-likeness (QED) is 0.856. The number of carboxylic acid groups (broad SMARTS) is 1. The van der Waals surface area contributed by atoms with Crippen LogP contribution < -0.4 is 0 Å². The van der Waals surface area contributed by atoms with Crippen molar-refractivity contribution in [3.05, 3.63) is 35.4 Å². The maximum Gasteiger partial charge on any atom is 0.335 e. The Morgan fingerprint density at radius 3 is 2.40 bits per heavy atom. The van der Waals surface area contributed by atoms with E-state index < -0.39 is 22.0 Å². The molecule has 1 rings (SSSR count). The van der Waals surface area contributed by atoms with E-state index in [4.69, 9.17) is 10.4 Å². The van der Waals surface area contributed by atoms with Crippen LogP contribution in [0.5, 0.6) is 0 Å². The van der Waals surface area contributed by atoms with Crippen LogP contribution in [0, 0.1) is 11.3 Å². The van der Waals surface area contributed by atoms with Gasteiger partial charge in [-0.1, -0.05) is 12.1 Å². The number of benzene rings is 1. The molecule has 1 aromatic rings. The van der Waals surface area contributed by atoms with E-state index in [1.165, 1.54) is 35.6 Å². The lowest BCUT2D eigenvalue weighted by Crippen LogP contribution is -2.35. The molecule has 0 heterocycles. The number of nitriles is 1. The zero-order chi connectivity index (χ0) is 15.3. The van der Waals surface area contributed by atoms with Crippen LogP contribution in [-0.2, 0) is 15.8 Å². The second-order valence-electron chi connectivity index (χ2n) is 4.49. The SMILES string of the molecule is CC(CC#N)N(C)S(=O)(=O)Cc1ccc(C(=O)O)cc1. The highest BCUT2D eigenvalue weighted by molar-refractivity contribution is 7.88. The van der Waals surface area contributed by atoms with Crippen molar-refractivity contribution >= 4 is 16.0 Å². The minimum Gasteiger partial charge on any atom is -0.478 e. The molecule has 6 nitrogen and oxygen atoms in total. The number of aromatic carboxylic acids is 1. The molecule has 0 amide bonds. The average molecular weight is 296 g/mol. The number of nitrogens with zero attached hydrogens (tertiary/aromatic N) is 2. The molecule has 0 aliphatic heterocycles. The van der Waals surface area contributed by atoms with Crippen LogP contribution in [-0.4, -0.2) is 36.9 Å². The molecule has 108 valence electrons. The molecule has 0 bridgehead atoms. The Balaban J connectivity index is 2.86. The van der Waals surface area contributed by atoms with Gasteiger partial charge in [0.1, 0.15) is 0 Å². The molecule has 0 aliphatic carbocycles. The molecule has 0 aliphatic rings. The summed E-state index contributed by atoms with van der Waals surface area (Å²) in [6, 6.07) is 7.22. The van der Waals surface area contributed by atoms with Crippen molar-refractivity contribution in [1.82, 2.24) is 4.31 Å². The topological polar surface area (TPSA) is 98.5 Å². The van der Waals surface area contributed by atoms with Crippen LogP contribution >= 0.6 is 0 Å². The molecule has 0 radical (unpaired) electrons. The van der Waals surface area contributed by atoms with E-state index in [-0.39, 0.29) is 17.7 Å². The average Bonchev–Trinajstić information content (AvgIpc) is 2.38. The third-order valence-electron chi connectivity index (χ3n) is 3.00. The minimum atomic E-state index is -3.53. The van der Waals surface area contributed by atoms with Crippen molar-refractivity contribution in [2.45, 2.75) is 25.1 Å². The van der Waals surface area contributed by atoms with Gasteiger partial charge in [0.15, 0.2) is 0 Å². The largest absolute Gasteiger partial charge is 0.478 e. The summed E-state index contributed by atoms with van der Waals surface area (Å²) in [6.07, 6.45) is 0.119. The lowest BCUT2D eigenvalue weighted by atomic mass is 10.1. The Hall–Kier alpha value is -1.91. The van der Waals surface area contributed by atoms with Gasteiger partial charge in [-0.15, -0.1) is 0 Å². The van der Waals surface area contributed by atoms with Crippen LogP contribution in [0.25, 0.3) is 0 Å². The second-order valence-corrected chi connectivity index (χ2v) is 6.51. The van der Waals surface area contributed by atoms with E-state index in [0.717, 1.165) is 0 Å². The summed E-state index contributed by atoms with van der Waals surface area (Å²) in [6.45, 7) is 1.66. The first kappa shape index (κ1) is 16.1. The minimum absolute atomic E-state index is 0.109. The summed E-state index contributed by atoms with van der Waals surface area (Å²) in [4.78, 5) is 10.7. The van der Waals surface area contributed by atoms with Gasteiger partial charge in [0.25, 0.3) is 0 Å². The standard InChI is InChI=1S/C13H16N2O4S/c1-10(7-8-14)15(2)20(18,19)9-11-3-5-12(6-4-11)13(16)17/h3-6,10H,7,9H2,1-2H3,(H,16,17). The summed E-state index contributed by atoms with van der Waals surface area (Å²) in [5.41, 5.74) is 0.614. The van der Waals surface area contributed by atoms with Gasteiger partial charge >= 0.3 is 5.97 Å². The van der Waals surface area contributed by atoms with Crippen molar-refractivity contribution in [2.24, 2.45) is 0 Å². The summed E-state index contributed by atoms with van der Waals surface area (Å²) < 4.78 is 25.4. The van der Waals surface area contributed by atoms with Gasteiger partial charge in [0.05, 0.1) is 23.8 Å².